The van der Waals surface area contributed by atoms with Crippen LogP contribution in [0.15, 0.2) is 30.6 Å². The van der Waals surface area contributed by atoms with E-state index in [1.165, 1.54) is 0 Å². The summed E-state index contributed by atoms with van der Waals surface area (Å²) in [6, 6.07) is 5.67. The number of carbonyl (C=O) groups excluding carboxylic acids is 1. The largest absolute Gasteiger partial charge is 0.342 e. The zero-order chi connectivity index (χ0) is 13.1. The van der Waals surface area contributed by atoms with E-state index in [2.05, 4.69) is 5.10 Å². The van der Waals surface area contributed by atoms with Crippen LogP contribution < -0.4 is 0 Å². The topological polar surface area (TPSA) is 37.6 Å². The van der Waals surface area contributed by atoms with Crippen molar-refractivity contribution >= 4 is 23.0 Å². The maximum absolute atomic E-state index is 12.3. The minimum absolute atomic E-state index is 0.0199. The molecule has 5 heteroatoms. The first-order chi connectivity index (χ1) is 8.59. The molecule has 96 valence electrons. The number of nitrogens with zero attached hydrogens (tertiary/aromatic N) is 3. The molecule has 0 N–H and O–H groups in total. The molecule has 2 aromatic heterocycles. The Labute approximate surface area is 111 Å². The zero-order valence-corrected chi connectivity index (χ0v) is 11.3. The van der Waals surface area contributed by atoms with Crippen LogP contribution in [0.5, 0.6) is 0 Å². The van der Waals surface area contributed by atoms with Crippen molar-refractivity contribution in [1.29, 1.82) is 0 Å². The summed E-state index contributed by atoms with van der Waals surface area (Å²) in [6.07, 6.45) is 4.22. The van der Waals surface area contributed by atoms with Crippen LogP contribution >= 0.6 is 11.6 Å². The fourth-order valence-electron chi connectivity index (χ4n) is 1.78. The SMILES string of the molecule is CC(Cl)CCN(C)C(=O)c1cnn2ccccc12. The Hall–Kier alpha value is -1.55. The van der Waals surface area contributed by atoms with E-state index in [0.29, 0.717) is 12.1 Å². The van der Waals surface area contributed by atoms with E-state index < -0.39 is 0 Å². The Morgan fingerprint density at radius 3 is 3.06 bits per heavy atom. The van der Waals surface area contributed by atoms with E-state index in [4.69, 9.17) is 11.6 Å². The molecule has 18 heavy (non-hydrogen) atoms. The maximum atomic E-state index is 12.3. The molecular weight excluding hydrogens is 250 g/mol. The van der Waals surface area contributed by atoms with Gasteiger partial charge in [-0.15, -0.1) is 11.6 Å². The third-order valence-electron chi connectivity index (χ3n) is 2.87. The summed E-state index contributed by atoms with van der Waals surface area (Å²) >= 11 is 5.89. The third-order valence-corrected chi connectivity index (χ3v) is 3.08. The van der Waals surface area contributed by atoms with Crippen LogP contribution in [0.3, 0.4) is 0 Å². The molecule has 0 aliphatic heterocycles. The average Bonchev–Trinajstić information content (AvgIpc) is 2.78. The number of carbonyl (C=O) groups is 1. The molecule has 2 rings (SSSR count). The molecule has 0 saturated heterocycles. The van der Waals surface area contributed by atoms with Gasteiger partial charge in [-0.25, -0.2) is 4.52 Å². The van der Waals surface area contributed by atoms with Gasteiger partial charge >= 0.3 is 0 Å². The lowest BCUT2D eigenvalue weighted by Crippen LogP contribution is -2.28. The third kappa shape index (κ3) is 2.64. The van der Waals surface area contributed by atoms with Crippen LogP contribution in [0.4, 0.5) is 0 Å². The van der Waals surface area contributed by atoms with E-state index >= 15 is 0 Å². The smallest absolute Gasteiger partial charge is 0.257 e. The fraction of sp³-hybridized carbons (Fsp3) is 0.385. The second kappa shape index (κ2) is 5.40. The van der Waals surface area contributed by atoms with Crippen LogP contribution in [0.1, 0.15) is 23.7 Å². The molecule has 2 heterocycles. The van der Waals surface area contributed by atoms with Gasteiger partial charge in [-0.1, -0.05) is 6.07 Å². The lowest BCUT2D eigenvalue weighted by Gasteiger charge is -2.17. The number of halogens is 1. The highest BCUT2D eigenvalue weighted by molar-refractivity contribution is 6.20. The van der Waals surface area contributed by atoms with Crippen LogP contribution in [0, 0.1) is 0 Å². The van der Waals surface area contributed by atoms with Crippen LogP contribution in [0.25, 0.3) is 5.52 Å². The summed E-state index contributed by atoms with van der Waals surface area (Å²) < 4.78 is 1.70. The molecule has 0 spiro atoms. The van der Waals surface area contributed by atoms with Crippen molar-refractivity contribution < 1.29 is 4.79 Å². The molecule has 0 aliphatic carbocycles. The van der Waals surface area contributed by atoms with Crippen LogP contribution in [-0.4, -0.2) is 39.4 Å². The molecule has 4 nitrogen and oxygen atoms in total. The van der Waals surface area contributed by atoms with Gasteiger partial charge in [0, 0.05) is 25.2 Å². The average molecular weight is 266 g/mol. The van der Waals surface area contributed by atoms with Crippen molar-refractivity contribution in [2.45, 2.75) is 18.7 Å². The fourth-order valence-corrected chi connectivity index (χ4v) is 1.88. The minimum Gasteiger partial charge on any atom is -0.342 e. The van der Waals surface area contributed by atoms with E-state index in [0.717, 1.165) is 11.9 Å². The van der Waals surface area contributed by atoms with Gasteiger partial charge in [0.05, 0.1) is 17.3 Å². The molecule has 0 radical (unpaired) electrons. The van der Waals surface area contributed by atoms with Crippen LogP contribution in [0.2, 0.25) is 0 Å². The van der Waals surface area contributed by atoms with Gasteiger partial charge in [-0.05, 0) is 25.5 Å². The van der Waals surface area contributed by atoms with E-state index in [1.807, 2.05) is 31.3 Å². The van der Waals surface area contributed by atoms with Gasteiger partial charge in [0.25, 0.3) is 5.91 Å². The van der Waals surface area contributed by atoms with E-state index in [1.54, 1.807) is 22.7 Å². The van der Waals surface area contributed by atoms with Crippen molar-refractivity contribution in [3.63, 3.8) is 0 Å². The summed E-state index contributed by atoms with van der Waals surface area (Å²) in [5.74, 6) is -0.0199. The second-order valence-electron chi connectivity index (χ2n) is 4.38. The Morgan fingerprint density at radius 1 is 1.56 bits per heavy atom. The molecule has 0 bridgehead atoms. The number of rotatable bonds is 4. The van der Waals surface area contributed by atoms with Crippen molar-refractivity contribution in [2.75, 3.05) is 13.6 Å². The van der Waals surface area contributed by atoms with E-state index in [9.17, 15) is 4.79 Å². The monoisotopic (exact) mass is 265 g/mol. The van der Waals surface area contributed by atoms with Gasteiger partial charge in [-0.3, -0.25) is 4.79 Å². The molecule has 0 aromatic carbocycles. The Bertz CT molecular complexity index is 550. The normalized spacial score (nSPS) is 12.6. The quantitative estimate of drug-likeness (QED) is 0.797. The summed E-state index contributed by atoms with van der Waals surface area (Å²) in [4.78, 5) is 13.9. The molecule has 0 fully saturated rings. The van der Waals surface area contributed by atoms with Crippen LogP contribution in [-0.2, 0) is 0 Å². The minimum atomic E-state index is -0.0199. The number of amides is 1. The molecule has 1 atom stereocenters. The number of hydrogen-bond donors (Lipinski definition) is 0. The van der Waals surface area contributed by atoms with Gasteiger partial charge < -0.3 is 4.90 Å². The predicted octanol–water partition coefficient (Wildman–Crippen LogP) is 2.42. The first kappa shape index (κ1) is 12.9. The molecule has 1 unspecified atom stereocenters. The molecular formula is C13H16ClN3O. The molecule has 0 saturated carbocycles. The van der Waals surface area contributed by atoms with Crippen molar-refractivity contribution in [3.8, 4) is 0 Å². The van der Waals surface area contributed by atoms with E-state index in [-0.39, 0.29) is 11.3 Å². The number of alkyl halides is 1. The predicted molar refractivity (Wildman–Crippen MR) is 72.1 cm³/mol. The van der Waals surface area contributed by atoms with Crippen molar-refractivity contribution in [1.82, 2.24) is 14.5 Å². The van der Waals surface area contributed by atoms with Gasteiger partial charge in [0.15, 0.2) is 0 Å². The highest BCUT2D eigenvalue weighted by atomic mass is 35.5. The summed E-state index contributed by atoms with van der Waals surface area (Å²) in [6.45, 7) is 2.57. The highest BCUT2D eigenvalue weighted by Gasteiger charge is 2.16. The lowest BCUT2D eigenvalue weighted by atomic mass is 10.2. The standard InChI is InChI=1S/C13H16ClN3O/c1-10(14)6-8-16(2)13(18)11-9-15-17-7-4-3-5-12(11)17/h3-5,7,9-10H,6,8H2,1-2H3. The van der Waals surface area contributed by atoms with Gasteiger partial charge in [0.1, 0.15) is 0 Å². The number of fused-ring (bicyclic) bond motifs is 1. The first-order valence-corrected chi connectivity index (χ1v) is 6.35. The maximum Gasteiger partial charge on any atom is 0.257 e. The van der Waals surface area contributed by atoms with Crippen molar-refractivity contribution in [2.24, 2.45) is 0 Å². The van der Waals surface area contributed by atoms with Crippen molar-refractivity contribution in [3.05, 3.63) is 36.2 Å². The van der Waals surface area contributed by atoms with Gasteiger partial charge in [0.2, 0.25) is 0 Å². The summed E-state index contributed by atoms with van der Waals surface area (Å²) in [5.41, 5.74) is 1.45. The zero-order valence-electron chi connectivity index (χ0n) is 10.5. The molecule has 1 amide bonds. The number of hydrogen-bond acceptors (Lipinski definition) is 2. The number of aromatic nitrogens is 2. The number of pyridine rings is 1. The first-order valence-electron chi connectivity index (χ1n) is 5.91. The summed E-state index contributed by atoms with van der Waals surface area (Å²) in [7, 11) is 1.79. The highest BCUT2D eigenvalue weighted by Crippen LogP contribution is 2.13. The van der Waals surface area contributed by atoms with Gasteiger partial charge in [-0.2, -0.15) is 5.10 Å². The molecule has 2 aromatic rings. The molecule has 0 aliphatic rings. The Morgan fingerprint density at radius 2 is 2.33 bits per heavy atom. The second-order valence-corrected chi connectivity index (χ2v) is 5.13. The summed E-state index contributed by atoms with van der Waals surface area (Å²) in [5, 5.41) is 4.23. The Balaban J connectivity index is 2.18. The Kier molecular flexibility index (Phi) is 3.87. The lowest BCUT2D eigenvalue weighted by molar-refractivity contribution is 0.0795.